The number of carbonyl (C=O) groups is 2. The number of nitrogens with zero attached hydrogens (tertiary/aromatic N) is 2. The van der Waals surface area contributed by atoms with E-state index < -0.39 is 18.0 Å². The first-order valence-corrected chi connectivity index (χ1v) is 12.4. The zero-order valence-corrected chi connectivity index (χ0v) is 20.8. The first-order chi connectivity index (χ1) is 17.9. The molecule has 2 aromatic carbocycles. The lowest BCUT2D eigenvalue weighted by Crippen LogP contribution is -2.39. The summed E-state index contributed by atoms with van der Waals surface area (Å²) in [6.45, 7) is 3.67. The number of aromatic nitrogens is 1. The smallest absolute Gasteiger partial charge is 0.338 e. The predicted molar refractivity (Wildman–Crippen MR) is 138 cm³/mol. The Hall–Kier alpha value is -4.50. The van der Waals surface area contributed by atoms with Crippen LogP contribution >= 0.6 is 11.3 Å². The number of esters is 1. The Morgan fingerprint density at radius 3 is 2.57 bits per heavy atom. The molecule has 186 valence electrons. The van der Waals surface area contributed by atoms with Crippen molar-refractivity contribution in [1.29, 1.82) is 0 Å². The highest BCUT2D eigenvalue weighted by Crippen LogP contribution is 2.30. The van der Waals surface area contributed by atoms with Crippen LogP contribution in [0.25, 0.3) is 17.4 Å². The molecule has 37 heavy (non-hydrogen) atoms. The van der Waals surface area contributed by atoms with Crippen molar-refractivity contribution < 1.29 is 23.8 Å². The number of ether oxygens (including phenoxy) is 1. The van der Waals surface area contributed by atoms with Crippen molar-refractivity contribution in [2.24, 2.45) is 4.99 Å². The molecule has 8 nitrogen and oxygen atoms in total. The van der Waals surface area contributed by atoms with Gasteiger partial charge in [0.2, 0.25) is 0 Å². The summed E-state index contributed by atoms with van der Waals surface area (Å²) in [7, 11) is 0. The van der Waals surface area contributed by atoms with E-state index in [-0.39, 0.29) is 17.7 Å². The third kappa shape index (κ3) is 4.45. The van der Waals surface area contributed by atoms with Gasteiger partial charge in [-0.05, 0) is 37.6 Å². The summed E-state index contributed by atoms with van der Waals surface area (Å²) < 4.78 is 13.1. The largest absolute Gasteiger partial charge is 0.478 e. The SMILES string of the molecule is CCOC(=O)C1=C(C)N=c2sc(=Cc3ccc(-c4ccccc4C(=O)O)o3)c(=O)n2C1c1ccccc1. The molecule has 0 fully saturated rings. The normalized spacial score (nSPS) is 15.3. The van der Waals surface area contributed by atoms with E-state index in [4.69, 9.17) is 9.15 Å². The summed E-state index contributed by atoms with van der Waals surface area (Å²) in [5, 5.41) is 9.49. The summed E-state index contributed by atoms with van der Waals surface area (Å²) in [5.41, 5.74) is 1.81. The Morgan fingerprint density at radius 1 is 1.11 bits per heavy atom. The van der Waals surface area contributed by atoms with E-state index in [1.807, 2.05) is 30.3 Å². The monoisotopic (exact) mass is 514 g/mol. The number of thiazole rings is 1. The van der Waals surface area contributed by atoms with Gasteiger partial charge in [0.05, 0.1) is 34.0 Å². The van der Waals surface area contributed by atoms with E-state index in [0.717, 1.165) is 5.56 Å². The number of benzene rings is 2. The van der Waals surface area contributed by atoms with E-state index >= 15 is 0 Å². The number of rotatable bonds is 6. The molecule has 9 heteroatoms. The van der Waals surface area contributed by atoms with Gasteiger partial charge >= 0.3 is 11.9 Å². The molecule has 1 atom stereocenters. The van der Waals surface area contributed by atoms with E-state index in [9.17, 15) is 19.5 Å². The second-order valence-corrected chi connectivity index (χ2v) is 9.27. The van der Waals surface area contributed by atoms with Gasteiger partial charge in [0.15, 0.2) is 4.80 Å². The van der Waals surface area contributed by atoms with Crippen molar-refractivity contribution in [1.82, 2.24) is 4.57 Å². The fourth-order valence-electron chi connectivity index (χ4n) is 4.33. The fourth-order valence-corrected chi connectivity index (χ4v) is 5.36. The number of hydrogen-bond donors (Lipinski definition) is 1. The van der Waals surface area contributed by atoms with Crippen molar-refractivity contribution in [2.75, 3.05) is 6.61 Å². The molecule has 0 saturated heterocycles. The van der Waals surface area contributed by atoms with Crippen LogP contribution in [0.4, 0.5) is 0 Å². The highest BCUT2D eigenvalue weighted by molar-refractivity contribution is 7.07. The minimum atomic E-state index is -1.06. The number of aromatic carboxylic acids is 1. The van der Waals surface area contributed by atoms with E-state index in [1.165, 1.54) is 22.0 Å². The Bertz CT molecular complexity index is 1730. The summed E-state index contributed by atoms with van der Waals surface area (Å²) in [6, 6.07) is 18.5. The van der Waals surface area contributed by atoms with Gasteiger partial charge < -0.3 is 14.3 Å². The second kappa shape index (κ2) is 9.87. The molecule has 1 N–H and O–H groups in total. The van der Waals surface area contributed by atoms with E-state index in [0.29, 0.717) is 37.7 Å². The average Bonchev–Trinajstić information content (AvgIpc) is 3.48. The van der Waals surface area contributed by atoms with Crippen molar-refractivity contribution in [3.8, 4) is 11.3 Å². The molecule has 3 heterocycles. The van der Waals surface area contributed by atoms with Gasteiger partial charge in [-0.2, -0.15) is 0 Å². The molecule has 0 bridgehead atoms. The predicted octanol–water partition coefficient (Wildman–Crippen LogP) is 3.76. The van der Waals surface area contributed by atoms with Crippen LogP contribution in [0, 0.1) is 0 Å². The van der Waals surface area contributed by atoms with Crippen molar-refractivity contribution in [2.45, 2.75) is 19.9 Å². The quantitative estimate of drug-likeness (QED) is 0.392. The second-order valence-electron chi connectivity index (χ2n) is 8.27. The van der Waals surface area contributed by atoms with Crippen LogP contribution in [0.15, 0.2) is 92.2 Å². The van der Waals surface area contributed by atoms with Crippen molar-refractivity contribution in [3.63, 3.8) is 0 Å². The number of fused-ring (bicyclic) bond motifs is 1. The number of carboxylic acids is 1. The molecule has 1 unspecified atom stereocenters. The third-order valence-corrected chi connectivity index (χ3v) is 6.94. The van der Waals surface area contributed by atoms with Gasteiger partial charge in [0, 0.05) is 11.6 Å². The van der Waals surface area contributed by atoms with Crippen LogP contribution in [-0.2, 0) is 9.53 Å². The Labute approximate surface area is 215 Å². The maximum Gasteiger partial charge on any atom is 0.338 e. The molecule has 0 spiro atoms. The zero-order chi connectivity index (χ0) is 26.1. The maximum absolute atomic E-state index is 13.6. The summed E-state index contributed by atoms with van der Waals surface area (Å²) >= 11 is 1.19. The first-order valence-electron chi connectivity index (χ1n) is 11.6. The zero-order valence-electron chi connectivity index (χ0n) is 20.0. The minimum absolute atomic E-state index is 0.118. The Kier molecular flexibility index (Phi) is 6.45. The van der Waals surface area contributed by atoms with Gasteiger partial charge in [-0.25, -0.2) is 14.6 Å². The molecule has 0 amide bonds. The maximum atomic E-state index is 13.6. The summed E-state index contributed by atoms with van der Waals surface area (Å²) in [5.74, 6) is -0.812. The van der Waals surface area contributed by atoms with Crippen molar-refractivity contribution >= 4 is 29.4 Å². The lowest BCUT2D eigenvalue weighted by atomic mass is 9.96. The van der Waals surface area contributed by atoms with Gasteiger partial charge in [-0.15, -0.1) is 0 Å². The molecular formula is C28H22N2O6S. The number of hydrogen-bond acceptors (Lipinski definition) is 7. The van der Waals surface area contributed by atoms with Gasteiger partial charge in [0.25, 0.3) is 5.56 Å². The number of furan rings is 1. The Morgan fingerprint density at radius 2 is 1.84 bits per heavy atom. The summed E-state index contributed by atoms with van der Waals surface area (Å²) in [4.78, 5) is 43.2. The van der Waals surface area contributed by atoms with Crippen LogP contribution < -0.4 is 14.9 Å². The molecule has 2 aromatic heterocycles. The molecule has 5 rings (SSSR count). The van der Waals surface area contributed by atoms with Gasteiger partial charge in [-0.1, -0.05) is 59.9 Å². The molecule has 1 aliphatic rings. The van der Waals surface area contributed by atoms with E-state index in [2.05, 4.69) is 4.99 Å². The third-order valence-electron chi connectivity index (χ3n) is 5.96. The molecule has 0 saturated carbocycles. The molecule has 0 aliphatic carbocycles. The fraction of sp³-hybridized carbons (Fsp3) is 0.143. The highest BCUT2D eigenvalue weighted by atomic mass is 32.1. The molecule has 4 aromatic rings. The molecule has 0 radical (unpaired) electrons. The van der Waals surface area contributed by atoms with Crippen LogP contribution in [0.5, 0.6) is 0 Å². The van der Waals surface area contributed by atoms with Crippen LogP contribution in [0.3, 0.4) is 0 Å². The highest BCUT2D eigenvalue weighted by Gasteiger charge is 2.33. The Balaban J connectivity index is 1.63. The van der Waals surface area contributed by atoms with Crippen LogP contribution in [0.1, 0.15) is 41.6 Å². The van der Waals surface area contributed by atoms with Crippen LogP contribution in [-0.4, -0.2) is 28.2 Å². The lowest BCUT2D eigenvalue weighted by molar-refractivity contribution is -0.139. The molecule has 1 aliphatic heterocycles. The topological polar surface area (TPSA) is 111 Å². The lowest BCUT2D eigenvalue weighted by Gasteiger charge is -2.24. The van der Waals surface area contributed by atoms with Gasteiger partial charge in [-0.3, -0.25) is 9.36 Å². The molecular weight excluding hydrogens is 492 g/mol. The minimum Gasteiger partial charge on any atom is -0.478 e. The number of allylic oxidation sites excluding steroid dienone is 1. The standard InChI is InChI=1S/C28H22N2O6S/c1-3-35-27(34)23-16(2)29-28-30(24(23)17-9-5-4-6-10-17)25(31)22(37-28)15-18-13-14-21(36-18)19-11-7-8-12-20(19)26(32)33/h4-15,24H,3H2,1-2H3,(H,32,33). The average molecular weight is 515 g/mol. The van der Waals surface area contributed by atoms with Crippen molar-refractivity contribution in [3.05, 3.63) is 115 Å². The summed E-state index contributed by atoms with van der Waals surface area (Å²) in [6.07, 6.45) is 1.60. The number of carboxylic acid groups (broad SMARTS) is 1. The number of carbonyl (C=O) groups excluding carboxylic acids is 1. The first kappa shape index (κ1) is 24.2. The van der Waals surface area contributed by atoms with Gasteiger partial charge in [0.1, 0.15) is 11.5 Å². The van der Waals surface area contributed by atoms with Crippen LogP contribution in [0.2, 0.25) is 0 Å². The van der Waals surface area contributed by atoms with E-state index in [1.54, 1.807) is 50.3 Å².